The van der Waals surface area contributed by atoms with Crippen LogP contribution in [0, 0.1) is 18.6 Å². The van der Waals surface area contributed by atoms with E-state index in [-0.39, 0.29) is 23.7 Å². The molecule has 3 aromatic rings. The largest absolute Gasteiger partial charge is 0.485 e. The molecule has 0 amide bonds. The maximum Gasteiger partial charge on any atom is 0.180 e. The summed E-state index contributed by atoms with van der Waals surface area (Å²) < 4.78 is 34.5. The zero-order valence-electron chi connectivity index (χ0n) is 12.9. The lowest BCUT2D eigenvalue weighted by Gasteiger charge is -2.10. The van der Waals surface area contributed by atoms with E-state index in [0.29, 0.717) is 22.1 Å². The summed E-state index contributed by atoms with van der Waals surface area (Å²) in [5, 5.41) is 0.311. The summed E-state index contributed by atoms with van der Waals surface area (Å²) in [5.41, 5.74) is 1.07. The number of aryl methyl sites for hydroxylation is 1. The second-order valence-electron chi connectivity index (χ2n) is 5.31. The minimum Gasteiger partial charge on any atom is -0.485 e. The minimum atomic E-state index is -0.697. The van der Waals surface area contributed by atoms with Gasteiger partial charge in [-0.05, 0) is 19.1 Å². The third-order valence-corrected chi connectivity index (χ3v) is 3.80. The first-order valence-corrected chi connectivity index (χ1v) is 7.51. The Kier molecular flexibility index (Phi) is 4.24. The van der Waals surface area contributed by atoms with Crippen molar-refractivity contribution in [3.8, 4) is 5.75 Å². The molecule has 0 fully saturated rings. The Hall–Kier alpha value is -2.47. The summed E-state index contributed by atoms with van der Waals surface area (Å²) in [6.07, 6.45) is 1.55. The molecule has 0 saturated carbocycles. The molecule has 0 saturated heterocycles. The summed E-state index contributed by atoms with van der Waals surface area (Å²) in [6.45, 7) is 2.79. The number of halogens is 3. The highest BCUT2D eigenvalue weighted by Crippen LogP contribution is 2.28. The molecule has 0 aliphatic heterocycles. The number of carbonyl (C=O) groups is 1. The van der Waals surface area contributed by atoms with Gasteiger partial charge in [-0.25, -0.2) is 13.8 Å². The third kappa shape index (κ3) is 2.85. The number of ketones is 1. The number of carbonyl (C=O) groups excluding carboxylic acids is 1. The van der Waals surface area contributed by atoms with E-state index in [1.807, 2.05) is 0 Å². The van der Waals surface area contributed by atoms with Crippen LogP contribution in [0.4, 0.5) is 8.78 Å². The molecule has 0 unspecified atom stereocenters. The molecule has 3 rings (SSSR count). The summed E-state index contributed by atoms with van der Waals surface area (Å²) in [6, 6.07) is 5.08. The van der Waals surface area contributed by atoms with Crippen LogP contribution in [0.2, 0.25) is 5.02 Å². The number of aromatic nitrogens is 2. The second-order valence-corrected chi connectivity index (χ2v) is 5.74. The Morgan fingerprint density at radius 1 is 1.33 bits per heavy atom. The van der Waals surface area contributed by atoms with Gasteiger partial charge in [0.05, 0.1) is 16.3 Å². The van der Waals surface area contributed by atoms with E-state index in [1.165, 1.54) is 23.5 Å². The first kappa shape index (κ1) is 16.4. The van der Waals surface area contributed by atoms with Crippen molar-refractivity contribution < 1.29 is 18.3 Å². The Bertz CT molecular complexity index is 933. The number of benzene rings is 1. The lowest BCUT2D eigenvalue weighted by atomic mass is 10.2. The highest BCUT2D eigenvalue weighted by atomic mass is 35.5. The second kappa shape index (κ2) is 6.20. The zero-order chi connectivity index (χ0) is 17.4. The molecule has 24 heavy (non-hydrogen) atoms. The first-order valence-electron chi connectivity index (χ1n) is 7.13. The number of pyridine rings is 1. The van der Waals surface area contributed by atoms with Crippen LogP contribution in [0.1, 0.15) is 28.7 Å². The average Bonchev–Trinajstić information content (AvgIpc) is 2.82. The number of hydrogen-bond acceptors (Lipinski definition) is 3. The number of Topliss-reactive ketones (excluding diaryl/α,β-unsaturated/α-hetero) is 1. The minimum absolute atomic E-state index is 0.173. The SMILES string of the molecule is CC(=O)c1c(C)nc2c(OCc3c(F)cccc3F)cc(Cl)cn12. The van der Waals surface area contributed by atoms with E-state index in [1.54, 1.807) is 13.1 Å². The van der Waals surface area contributed by atoms with Gasteiger partial charge in [0.15, 0.2) is 17.2 Å². The topological polar surface area (TPSA) is 43.6 Å². The van der Waals surface area contributed by atoms with E-state index < -0.39 is 11.6 Å². The van der Waals surface area contributed by atoms with Crippen LogP contribution in [0.3, 0.4) is 0 Å². The van der Waals surface area contributed by atoms with Gasteiger partial charge in [0.2, 0.25) is 0 Å². The molecule has 124 valence electrons. The predicted molar refractivity (Wildman–Crippen MR) is 85.6 cm³/mol. The van der Waals surface area contributed by atoms with E-state index in [4.69, 9.17) is 16.3 Å². The highest BCUT2D eigenvalue weighted by Gasteiger charge is 2.18. The van der Waals surface area contributed by atoms with Gasteiger partial charge in [-0.15, -0.1) is 0 Å². The van der Waals surface area contributed by atoms with Crippen molar-refractivity contribution in [2.24, 2.45) is 0 Å². The molecule has 0 spiro atoms. The molecular weight excluding hydrogens is 338 g/mol. The van der Waals surface area contributed by atoms with Gasteiger partial charge in [0.1, 0.15) is 23.9 Å². The smallest absolute Gasteiger partial charge is 0.180 e. The van der Waals surface area contributed by atoms with Gasteiger partial charge in [0, 0.05) is 19.2 Å². The van der Waals surface area contributed by atoms with E-state index >= 15 is 0 Å². The monoisotopic (exact) mass is 350 g/mol. The number of rotatable bonds is 4. The van der Waals surface area contributed by atoms with Crippen LogP contribution in [0.15, 0.2) is 30.5 Å². The maximum atomic E-state index is 13.7. The van der Waals surface area contributed by atoms with Crippen molar-refractivity contribution in [2.45, 2.75) is 20.5 Å². The van der Waals surface area contributed by atoms with E-state index in [0.717, 1.165) is 12.1 Å². The molecule has 0 radical (unpaired) electrons. The van der Waals surface area contributed by atoms with E-state index in [9.17, 15) is 13.6 Å². The molecule has 0 aliphatic carbocycles. The van der Waals surface area contributed by atoms with Crippen LogP contribution in [-0.2, 0) is 6.61 Å². The Morgan fingerprint density at radius 3 is 2.62 bits per heavy atom. The average molecular weight is 351 g/mol. The number of imidazole rings is 1. The fourth-order valence-electron chi connectivity index (χ4n) is 2.55. The van der Waals surface area contributed by atoms with Crippen molar-refractivity contribution >= 4 is 23.0 Å². The lowest BCUT2D eigenvalue weighted by molar-refractivity contribution is 0.101. The van der Waals surface area contributed by atoms with Gasteiger partial charge in [-0.2, -0.15) is 0 Å². The standard InChI is InChI=1S/C17H13ClF2N2O2/c1-9-16(10(2)23)22-7-11(18)6-15(17(22)21-9)24-8-12-13(19)4-3-5-14(12)20/h3-7H,8H2,1-2H3. The fourth-order valence-corrected chi connectivity index (χ4v) is 2.74. The fraction of sp³-hybridized carbons (Fsp3) is 0.176. The molecule has 2 aromatic heterocycles. The molecule has 4 nitrogen and oxygen atoms in total. The lowest BCUT2D eigenvalue weighted by Crippen LogP contribution is -2.04. The van der Waals surface area contributed by atoms with Crippen LogP contribution >= 0.6 is 11.6 Å². The molecule has 0 aliphatic rings. The number of fused-ring (bicyclic) bond motifs is 1. The molecule has 7 heteroatoms. The Labute approximate surface area is 141 Å². The van der Waals surface area contributed by atoms with Gasteiger partial charge < -0.3 is 4.74 Å². The third-order valence-electron chi connectivity index (χ3n) is 3.59. The number of nitrogens with zero attached hydrogens (tertiary/aromatic N) is 2. The summed E-state index contributed by atoms with van der Waals surface area (Å²) in [5.74, 6) is -1.33. The summed E-state index contributed by atoms with van der Waals surface area (Å²) in [7, 11) is 0. The van der Waals surface area contributed by atoms with Gasteiger partial charge in [0.25, 0.3) is 0 Å². The molecule has 0 bridgehead atoms. The van der Waals surface area contributed by atoms with Gasteiger partial charge >= 0.3 is 0 Å². The van der Waals surface area contributed by atoms with Crippen molar-refractivity contribution in [1.29, 1.82) is 0 Å². The molecule has 1 aromatic carbocycles. The summed E-state index contributed by atoms with van der Waals surface area (Å²) >= 11 is 6.07. The predicted octanol–water partition coefficient (Wildman–Crippen LogP) is 4.36. The number of ether oxygens (including phenoxy) is 1. The van der Waals surface area contributed by atoms with E-state index in [2.05, 4.69) is 4.98 Å². The molecule has 2 heterocycles. The quantitative estimate of drug-likeness (QED) is 0.657. The van der Waals surface area contributed by atoms with Crippen molar-refractivity contribution in [2.75, 3.05) is 0 Å². The van der Waals surface area contributed by atoms with Crippen molar-refractivity contribution in [1.82, 2.24) is 9.38 Å². The Morgan fingerprint density at radius 2 is 2.00 bits per heavy atom. The zero-order valence-corrected chi connectivity index (χ0v) is 13.7. The van der Waals surface area contributed by atoms with Crippen LogP contribution in [0.5, 0.6) is 5.75 Å². The summed E-state index contributed by atoms with van der Waals surface area (Å²) in [4.78, 5) is 16.1. The first-order chi connectivity index (χ1) is 11.4. The number of hydrogen-bond donors (Lipinski definition) is 0. The van der Waals surface area contributed by atoms with Crippen LogP contribution in [0.25, 0.3) is 5.65 Å². The molecular formula is C17H13ClF2N2O2. The molecule has 0 N–H and O–H groups in total. The van der Waals surface area contributed by atoms with Crippen LogP contribution in [-0.4, -0.2) is 15.2 Å². The normalized spacial score (nSPS) is 11.0. The maximum absolute atomic E-state index is 13.7. The highest BCUT2D eigenvalue weighted by molar-refractivity contribution is 6.30. The van der Waals surface area contributed by atoms with Crippen LogP contribution < -0.4 is 4.74 Å². The van der Waals surface area contributed by atoms with Crippen molar-refractivity contribution in [3.63, 3.8) is 0 Å². The van der Waals surface area contributed by atoms with Gasteiger partial charge in [-0.1, -0.05) is 17.7 Å². The van der Waals surface area contributed by atoms with Gasteiger partial charge in [-0.3, -0.25) is 9.20 Å². The Balaban J connectivity index is 2.04. The van der Waals surface area contributed by atoms with Crippen molar-refractivity contribution in [3.05, 3.63) is 64.1 Å². The molecule has 0 atom stereocenters.